The van der Waals surface area contributed by atoms with E-state index in [-0.39, 0.29) is 40.1 Å². The molecule has 1 aliphatic rings. The topological polar surface area (TPSA) is 124 Å². The number of nitrogens with two attached hydrogens (primary N) is 1. The normalized spacial score (nSPS) is 16.5. The molecule has 0 bridgehead atoms. The highest BCUT2D eigenvalue weighted by Gasteiger charge is 2.28. The minimum Gasteiger partial charge on any atom is -0.382 e. The fourth-order valence-corrected chi connectivity index (χ4v) is 3.48. The summed E-state index contributed by atoms with van der Waals surface area (Å²) >= 11 is 0. The van der Waals surface area contributed by atoms with Gasteiger partial charge in [0.1, 0.15) is 6.54 Å². The van der Waals surface area contributed by atoms with E-state index in [1.807, 2.05) is 0 Å². The second kappa shape index (κ2) is 9.10. The molecule has 174 valence electrons. The van der Waals surface area contributed by atoms with Crippen LogP contribution in [0.25, 0.3) is 22.5 Å². The number of hydrogen-bond acceptors (Lipinski definition) is 7. The lowest BCUT2D eigenvalue weighted by Gasteiger charge is -2.23. The Hall–Kier alpha value is -3.61. The first-order chi connectivity index (χ1) is 15.7. The summed E-state index contributed by atoms with van der Waals surface area (Å²) in [6.07, 6.45) is 1.76. The summed E-state index contributed by atoms with van der Waals surface area (Å²) in [5.41, 5.74) is 6.11. The van der Waals surface area contributed by atoms with E-state index >= 15 is 0 Å². The predicted octanol–water partition coefficient (Wildman–Crippen LogP) is 2.17. The molecule has 1 saturated heterocycles. The summed E-state index contributed by atoms with van der Waals surface area (Å²) in [7, 11) is 0. The molecule has 4 N–H and O–H groups in total. The molecular weight excluding hydrogens is 444 g/mol. The van der Waals surface area contributed by atoms with E-state index in [0.717, 1.165) is 31.8 Å². The lowest BCUT2D eigenvalue weighted by Crippen LogP contribution is -2.46. The fraction of sp³-hybridized carbons (Fsp3) is 0.350. The first-order valence-electron chi connectivity index (χ1n) is 10.1. The number of rotatable bonds is 5. The van der Waals surface area contributed by atoms with Crippen LogP contribution in [-0.4, -0.2) is 55.9 Å². The van der Waals surface area contributed by atoms with Gasteiger partial charge < -0.3 is 16.4 Å². The van der Waals surface area contributed by atoms with E-state index in [0.29, 0.717) is 11.2 Å². The standard InChI is InChI=1S/C20H20F4N8O/c21-14-7-27-15(11-5-29-32(9-11)10-20(22,23)24)4-13(14)16-8-28-18(25)17(31-16)19(33)30-12-2-1-3-26-6-12/h4-5,7-9,12,26H,1-3,6,10H2,(H2,25,28)(H,30,33)/t12-/m0/s1. The minimum absolute atomic E-state index is 0.0277. The molecule has 9 nitrogen and oxygen atoms in total. The number of anilines is 1. The van der Waals surface area contributed by atoms with E-state index in [2.05, 4.69) is 30.7 Å². The van der Waals surface area contributed by atoms with E-state index in [1.54, 1.807) is 0 Å². The van der Waals surface area contributed by atoms with Crippen molar-refractivity contribution < 1.29 is 22.4 Å². The molecule has 1 aliphatic heterocycles. The third kappa shape index (κ3) is 5.42. The Kier molecular flexibility index (Phi) is 6.22. The van der Waals surface area contributed by atoms with Gasteiger partial charge in [-0.05, 0) is 25.5 Å². The van der Waals surface area contributed by atoms with Crippen molar-refractivity contribution in [3.05, 3.63) is 42.4 Å². The van der Waals surface area contributed by atoms with Gasteiger partial charge in [-0.15, -0.1) is 0 Å². The molecule has 0 aliphatic carbocycles. The number of nitrogen functional groups attached to an aromatic ring is 1. The van der Waals surface area contributed by atoms with Crippen LogP contribution in [0, 0.1) is 5.82 Å². The highest BCUT2D eigenvalue weighted by molar-refractivity contribution is 5.97. The quantitative estimate of drug-likeness (QED) is 0.495. The Labute approximate surface area is 185 Å². The molecule has 3 aromatic rings. The van der Waals surface area contributed by atoms with Gasteiger partial charge in [-0.2, -0.15) is 18.3 Å². The van der Waals surface area contributed by atoms with Gasteiger partial charge >= 0.3 is 6.18 Å². The number of carbonyl (C=O) groups excluding carboxylic acids is 1. The number of piperidine rings is 1. The molecule has 0 radical (unpaired) electrons. The maximum Gasteiger partial charge on any atom is 0.408 e. The summed E-state index contributed by atoms with van der Waals surface area (Å²) < 4.78 is 53.0. The van der Waals surface area contributed by atoms with Gasteiger partial charge in [0, 0.05) is 29.9 Å². The molecule has 0 spiro atoms. The zero-order valence-corrected chi connectivity index (χ0v) is 17.2. The molecule has 1 fully saturated rings. The van der Waals surface area contributed by atoms with Crippen molar-refractivity contribution in [2.24, 2.45) is 0 Å². The molecule has 13 heteroatoms. The molecule has 1 atom stereocenters. The lowest BCUT2D eigenvalue weighted by atomic mass is 10.1. The highest BCUT2D eigenvalue weighted by Crippen LogP contribution is 2.27. The Morgan fingerprint density at radius 2 is 2.06 bits per heavy atom. The number of nitrogens with one attached hydrogen (secondary N) is 2. The van der Waals surface area contributed by atoms with Gasteiger partial charge in [0.2, 0.25) is 0 Å². The van der Waals surface area contributed by atoms with Crippen molar-refractivity contribution >= 4 is 11.7 Å². The highest BCUT2D eigenvalue weighted by atomic mass is 19.4. The molecule has 3 aromatic heterocycles. The van der Waals surface area contributed by atoms with Crippen LogP contribution < -0.4 is 16.4 Å². The number of pyridine rings is 1. The van der Waals surface area contributed by atoms with Gasteiger partial charge in [0.15, 0.2) is 17.3 Å². The zero-order chi connectivity index (χ0) is 23.6. The van der Waals surface area contributed by atoms with Crippen molar-refractivity contribution in [2.45, 2.75) is 31.6 Å². The van der Waals surface area contributed by atoms with E-state index in [4.69, 9.17) is 5.73 Å². The summed E-state index contributed by atoms with van der Waals surface area (Å²) in [5.74, 6) is -1.38. The molecule has 4 rings (SSSR count). The number of carbonyl (C=O) groups is 1. The Balaban J connectivity index is 1.61. The Morgan fingerprint density at radius 3 is 2.79 bits per heavy atom. The van der Waals surface area contributed by atoms with Crippen LogP contribution in [0.4, 0.5) is 23.4 Å². The predicted molar refractivity (Wildman–Crippen MR) is 110 cm³/mol. The van der Waals surface area contributed by atoms with Crippen molar-refractivity contribution in [1.82, 2.24) is 35.4 Å². The number of nitrogens with zero attached hydrogens (tertiary/aromatic N) is 5. The van der Waals surface area contributed by atoms with Gasteiger partial charge in [-0.25, -0.2) is 14.4 Å². The van der Waals surface area contributed by atoms with Crippen LogP contribution in [0.5, 0.6) is 0 Å². The van der Waals surface area contributed by atoms with Crippen LogP contribution >= 0.6 is 0 Å². The number of hydrogen-bond donors (Lipinski definition) is 3. The average Bonchev–Trinajstić information content (AvgIpc) is 3.22. The molecule has 0 unspecified atom stereocenters. The molecule has 0 aromatic carbocycles. The van der Waals surface area contributed by atoms with Crippen LogP contribution in [0.15, 0.2) is 30.9 Å². The largest absolute Gasteiger partial charge is 0.408 e. The summed E-state index contributed by atoms with van der Waals surface area (Å²) in [6, 6.07) is 1.21. The van der Waals surface area contributed by atoms with Gasteiger partial charge in [0.25, 0.3) is 5.91 Å². The first kappa shape index (κ1) is 22.6. The third-order valence-corrected chi connectivity index (χ3v) is 5.05. The molecular formula is C20H20F4N8O. The van der Waals surface area contributed by atoms with Crippen LogP contribution in [0.2, 0.25) is 0 Å². The Bertz CT molecular complexity index is 1160. The monoisotopic (exact) mass is 464 g/mol. The van der Waals surface area contributed by atoms with Crippen molar-refractivity contribution in [3.63, 3.8) is 0 Å². The molecule has 4 heterocycles. The van der Waals surface area contributed by atoms with Gasteiger partial charge in [-0.3, -0.25) is 14.5 Å². The van der Waals surface area contributed by atoms with Gasteiger partial charge in [0.05, 0.1) is 30.0 Å². The lowest BCUT2D eigenvalue weighted by molar-refractivity contribution is -0.142. The van der Waals surface area contributed by atoms with Crippen molar-refractivity contribution in [2.75, 3.05) is 18.8 Å². The first-order valence-corrected chi connectivity index (χ1v) is 10.1. The second-order valence-electron chi connectivity index (χ2n) is 7.60. The number of halogens is 4. The molecule has 1 amide bonds. The minimum atomic E-state index is -4.44. The maximum atomic E-state index is 14.6. The average molecular weight is 464 g/mol. The molecule has 33 heavy (non-hydrogen) atoms. The van der Waals surface area contributed by atoms with E-state index < -0.39 is 24.4 Å². The van der Waals surface area contributed by atoms with Crippen LogP contribution in [0.1, 0.15) is 23.3 Å². The summed E-state index contributed by atoms with van der Waals surface area (Å²) in [6.45, 7) is 0.227. The summed E-state index contributed by atoms with van der Waals surface area (Å²) in [5, 5.41) is 9.68. The van der Waals surface area contributed by atoms with Crippen LogP contribution in [-0.2, 0) is 6.54 Å². The maximum absolute atomic E-state index is 14.6. The van der Waals surface area contributed by atoms with Crippen molar-refractivity contribution in [1.29, 1.82) is 0 Å². The number of aromatic nitrogens is 5. The van der Waals surface area contributed by atoms with Crippen LogP contribution in [0.3, 0.4) is 0 Å². The fourth-order valence-electron chi connectivity index (χ4n) is 3.48. The number of amides is 1. The van der Waals surface area contributed by atoms with E-state index in [9.17, 15) is 22.4 Å². The smallest absolute Gasteiger partial charge is 0.382 e. The molecule has 0 saturated carbocycles. The Morgan fingerprint density at radius 1 is 1.24 bits per heavy atom. The summed E-state index contributed by atoms with van der Waals surface area (Å²) in [4.78, 5) is 24.8. The SMILES string of the molecule is Nc1ncc(-c2cc(-c3cnn(CC(F)(F)F)c3)ncc2F)nc1C(=O)N[C@H]1CCCNC1. The number of alkyl halides is 3. The third-order valence-electron chi connectivity index (χ3n) is 5.05. The zero-order valence-electron chi connectivity index (χ0n) is 17.2. The van der Waals surface area contributed by atoms with Gasteiger partial charge in [-0.1, -0.05) is 0 Å². The van der Waals surface area contributed by atoms with Crippen molar-refractivity contribution in [3.8, 4) is 22.5 Å². The van der Waals surface area contributed by atoms with E-state index in [1.165, 1.54) is 18.5 Å². The second-order valence-corrected chi connectivity index (χ2v) is 7.60.